The molecule has 2 aromatic rings. The number of benzene rings is 2. The van der Waals surface area contributed by atoms with E-state index in [9.17, 15) is 14.0 Å². The second-order valence-corrected chi connectivity index (χ2v) is 5.67. The first-order valence-electron chi connectivity index (χ1n) is 7.68. The number of halogens is 1. The average Bonchev–Trinajstić information content (AvgIpc) is 2.65. The number of rotatable bonds is 6. The Morgan fingerprint density at radius 3 is 2.20 bits per heavy atom. The number of ether oxygens (including phenoxy) is 2. The van der Waals surface area contributed by atoms with Crippen molar-refractivity contribution >= 4 is 11.9 Å². The monoisotopic (exact) mass is 345 g/mol. The molecule has 1 amide bonds. The van der Waals surface area contributed by atoms with Crippen LogP contribution in [0.3, 0.4) is 0 Å². The smallest absolute Gasteiger partial charge is 0.337 e. The summed E-state index contributed by atoms with van der Waals surface area (Å²) in [6.45, 7) is 1.79. The molecule has 0 aliphatic rings. The fraction of sp³-hybridized carbons (Fsp3) is 0.263. The minimum absolute atomic E-state index is 0.0853. The molecule has 0 aliphatic heterocycles. The fourth-order valence-electron chi connectivity index (χ4n) is 2.39. The lowest BCUT2D eigenvalue weighted by Gasteiger charge is -2.29. The summed E-state index contributed by atoms with van der Waals surface area (Å²) < 4.78 is 24.1. The summed E-state index contributed by atoms with van der Waals surface area (Å²) in [5, 5.41) is 2.73. The highest BCUT2D eigenvalue weighted by atomic mass is 19.1. The normalized spacial score (nSPS) is 13.0. The highest BCUT2D eigenvalue weighted by Gasteiger charge is 2.29. The van der Waals surface area contributed by atoms with Crippen molar-refractivity contribution in [2.45, 2.75) is 12.5 Å². The lowest BCUT2D eigenvalue weighted by atomic mass is 9.95. The molecule has 1 N–H and O–H groups in total. The van der Waals surface area contributed by atoms with Crippen molar-refractivity contribution in [2.75, 3.05) is 20.8 Å². The van der Waals surface area contributed by atoms with Crippen LogP contribution in [0.25, 0.3) is 0 Å². The zero-order valence-electron chi connectivity index (χ0n) is 14.3. The molecule has 25 heavy (non-hydrogen) atoms. The molecular weight excluding hydrogens is 325 g/mol. The van der Waals surface area contributed by atoms with E-state index in [1.165, 1.54) is 44.6 Å². The van der Waals surface area contributed by atoms with Crippen LogP contribution in [0.4, 0.5) is 4.39 Å². The summed E-state index contributed by atoms with van der Waals surface area (Å²) in [5.74, 6) is -1.22. The van der Waals surface area contributed by atoms with Crippen LogP contribution in [-0.2, 0) is 15.1 Å². The third kappa shape index (κ3) is 4.22. The highest BCUT2D eigenvalue weighted by molar-refractivity contribution is 5.96. The van der Waals surface area contributed by atoms with Crippen LogP contribution in [0.5, 0.6) is 0 Å². The Morgan fingerprint density at radius 2 is 1.64 bits per heavy atom. The Balaban J connectivity index is 2.10. The van der Waals surface area contributed by atoms with Crippen molar-refractivity contribution in [2.24, 2.45) is 0 Å². The maximum absolute atomic E-state index is 14.0. The van der Waals surface area contributed by atoms with Gasteiger partial charge in [-0.15, -0.1) is 0 Å². The van der Waals surface area contributed by atoms with Crippen LogP contribution in [0.1, 0.15) is 33.2 Å². The highest BCUT2D eigenvalue weighted by Crippen LogP contribution is 2.26. The van der Waals surface area contributed by atoms with Gasteiger partial charge in [-0.05, 0) is 37.3 Å². The van der Waals surface area contributed by atoms with Crippen LogP contribution in [0, 0.1) is 5.82 Å². The molecule has 132 valence electrons. The molecule has 6 heteroatoms. The number of hydrogen-bond donors (Lipinski definition) is 1. The summed E-state index contributed by atoms with van der Waals surface area (Å²) in [6, 6.07) is 12.3. The minimum atomic E-state index is -1.01. The third-order valence-corrected chi connectivity index (χ3v) is 4.05. The molecule has 2 rings (SSSR count). The van der Waals surface area contributed by atoms with Crippen LogP contribution in [0.2, 0.25) is 0 Å². The van der Waals surface area contributed by atoms with Crippen molar-refractivity contribution < 1.29 is 23.5 Å². The summed E-state index contributed by atoms with van der Waals surface area (Å²) in [6.07, 6.45) is 0. The van der Waals surface area contributed by atoms with Crippen LogP contribution in [0.15, 0.2) is 48.5 Å². The molecule has 0 saturated heterocycles. The molecule has 2 aromatic carbocycles. The van der Waals surface area contributed by atoms with Crippen LogP contribution < -0.4 is 5.32 Å². The van der Waals surface area contributed by atoms with Crippen molar-refractivity contribution in [3.63, 3.8) is 0 Å². The Kier molecular flexibility index (Phi) is 5.88. The first-order chi connectivity index (χ1) is 11.9. The zero-order valence-corrected chi connectivity index (χ0v) is 14.3. The van der Waals surface area contributed by atoms with Gasteiger partial charge < -0.3 is 14.8 Å². The topological polar surface area (TPSA) is 64.6 Å². The lowest BCUT2D eigenvalue weighted by Crippen LogP contribution is -2.40. The Hall–Kier alpha value is -2.73. The molecule has 1 atom stereocenters. The van der Waals surface area contributed by atoms with E-state index >= 15 is 0 Å². The molecule has 0 saturated carbocycles. The van der Waals surface area contributed by atoms with Gasteiger partial charge in [0.1, 0.15) is 11.4 Å². The second-order valence-electron chi connectivity index (χ2n) is 5.67. The quantitative estimate of drug-likeness (QED) is 0.818. The molecule has 0 bridgehead atoms. The van der Waals surface area contributed by atoms with E-state index < -0.39 is 17.4 Å². The first kappa shape index (κ1) is 18.6. The van der Waals surface area contributed by atoms with Crippen molar-refractivity contribution in [3.05, 3.63) is 71.0 Å². The van der Waals surface area contributed by atoms with Gasteiger partial charge in [0.15, 0.2) is 0 Å². The molecule has 0 aromatic heterocycles. The van der Waals surface area contributed by atoms with Gasteiger partial charge in [-0.1, -0.05) is 18.2 Å². The summed E-state index contributed by atoms with van der Waals surface area (Å²) in [5.41, 5.74) is 0.0815. The van der Waals surface area contributed by atoms with Gasteiger partial charge >= 0.3 is 5.97 Å². The first-order valence-corrected chi connectivity index (χ1v) is 7.68. The van der Waals surface area contributed by atoms with E-state index in [4.69, 9.17) is 4.74 Å². The number of amides is 1. The molecule has 5 nitrogen and oxygen atoms in total. The maximum Gasteiger partial charge on any atom is 0.337 e. The van der Waals surface area contributed by atoms with Crippen molar-refractivity contribution in [1.29, 1.82) is 0 Å². The predicted octanol–water partition coefficient (Wildman–Crippen LogP) is 2.90. The number of methoxy groups -OCH3 is 2. The van der Waals surface area contributed by atoms with Gasteiger partial charge in [0.05, 0.1) is 19.2 Å². The van der Waals surface area contributed by atoms with E-state index in [2.05, 4.69) is 10.1 Å². The SMILES string of the molecule is COC(=O)c1ccc(C(=O)NC[C@@](C)(OC)c2ccccc2F)cc1. The average molecular weight is 345 g/mol. The van der Waals surface area contributed by atoms with E-state index in [-0.39, 0.29) is 12.5 Å². The van der Waals surface area contributed by atoms with Gasteiger partial charge in [-0.2, -0.15) is 0 Å². The summed E-state index contributed by atoms with van der Waals surface area (Å²) in [4.78, 5) is 23.7. The molecule has 0 heterocycles. The second kappa shape index (κ2) is 7.90. The Bertz CT molecular complexity index is 760. The van der Waals surface area contributed by atoms with Crippen LogP contribution >= 0.6 is 0 Å². The van der Waals surface area contributed by atoms with Gasteiger partial charge in [-0.3, -0.25) is 4.79 Å². The van der Waals surface area contributed by atoms with E-state index in [1.807, 2.05) is 0 Å². The van der Waals surface area contributed by atoms with Crippen molar-refractivity contribution in [3.8, 4) is 0 Å². The molecule has 0 radical (unpaired) electrons. The van der Waals surface area contributed by atoms with Crippen LogP contribution in [-0.4, -0.2) is 32.6 Å². The summed E-state index contributed by atoms with van der Waals surface area (Å²) in [7, 11) is 2.75. The number of carbonyl (C=O) groups is 2. The lowest BCUT2D eigenvalue weighted by molar-refractivity contribution is 0.000389. The zero-order chi connectivity index (χ0) is 18.4. The Morgan fingerprint density at radius 1 is 1.04 bits per heavy atom. The molecule has 0 spiro atoms. The molecule has 0 fully saturated rings. The minimum Gasteiger partial charge on any atom is -0.465 e. The molecule has 0 unspecified atom stereocenters. The summed E-state index contributed by atoms with van der Waals surface area (Å²) >= 11 is 0. The largest absolute Gasteiger partial charge is 0.465 e. The number of hydrogen-bond acceptors (Lipinski definition) is 4. The third-order valence-electron chi connectivity index (χ3n) is 4.05. The predicted molar refractivity (Wildman–Crippen MR) is 90.9 cm³/mol. The van der Waals surface area contributed by atoms with E-state index in [0.717, 1.165) is 0 Å². The van der Waals surface area contributed by atoms with Gasteiger partial charge in [-0.25, -0.2) is 9.18 Å². The van der Waals surface area contributed by atoms with E-state index in [1.54, 1.807) is 25.1 Å². The van der Waals surface area contributed by atoms with Gasteiger partial charge in [0.25, 0.3) is 5.91 Å². The number of carbonyl (C=O) groups excluding carboxylic acids is 2. The molecule has 0 aliphatic carbocycles. The standard InChI is InChI=1S/C19H20FNO4/c1-19(25-3,15-6-4-5-7-16(15)20)12-21-17(22)13-8-10-14(11-9-13)18(23)24-2/h4-11H,12H2,1-3H3,(H,21,22)/t19-/m1/s1. The van der Waals surface area contributed by atoms with Gasteiger partial charge in [0, 0.05) is 18.2 Å². The molecular formula is C19H20FNO4. The number of esters is 1. The Labute approximate surface area is 145 Å². The number of nitrogens with one attached hydrogen (secondary N) is 1. The van der Waals surface area contributed by atoms with E-state index in [0.29, 0.717) is 16.7 Å². The fourth-order valence-corrected chi connectivity index (χ4v) is 2.39. The van der Waals surface area contributed by atoms with Gasteiger partial charge in [0.2, 0.25) is 0 Å². The maximum atomic E-state index is 14.0. The van der Waals surface area contributed by atoms with Crippen molar-refractivity contribution in [1.82, 2.24) is 5.32 Å².